The topological polar surface area (TPSA) is 48.9 Å². The first kappa shape index (κ1) is 19.3. The molecule has 6 nitrogen and oxygen atoms in total. The van der Waals surface area contributed by atoms with Crippen LogP contribution in [-0.4, -0.2) is 67.1 Å². The highest BCUT2D eigenvalue weighted by atomic mass is 32.1. The fourth-order valence-electron chi connectivity index (χ4n) is 4.17. The molecule has 0 aliphatic carbocycles. The average molecular weight is 423 g/mol. The van der Waals surface area contributed by atoms with Gasteiger partial charge in [-0.15, -0.1) is 0 Å². The Kier molecular flexibility index (Phi) is 5.31. The second-order valence-corrected chi connectivity index (χ2v) is 9.03. The molecule has 0 N–H and O–H groups in total. The summed E-state index contributed by atoms with van der Waals surface area (Å²) in [6, 6.07) is 16.5. The van der Waals surface area contributed by atoms with E-state index in [-0.39, 0.29) is 5.92 Å². The molecule has 2 aliphatic heterocycles. The van der Waals surface area contributed by atoms with Gasteiger partial charge in [-0.05, 0) is 17.7 Å². The van der Waals surface area contributed by atoms with Crippen molar-refractivity contribution in [3.8, 4) is 5.75 Å². The Morgan fingerprint density at radius 1 is 1.10 bits per heavy atom. The number of carbonyl (C=O) groups excluding carboxylic acids is 1. The van der Waals surface area contributed by atoms with Gasteiger partial charge >= 0.3 is 0 Å². The fourth-order valence-corrected chi connectivity index (χ4v) is 5.14. The van der Waals surface area contributed by atoms with Crippen molar-refractivity contribution < 1.29 is 9.53 Å². The van der Waals surface area contributed by atoms with Gasteiger partial charge in [0.05, 0.1) is 23.2 Å². The molecule has 2 aliphatic rings. The maximum atomic E-state index is 12.9. The number of hydrogen-bond acceptors (Lipinski definition) is 6. The third kappa shape index (κ3) is 3.87. The summed E-state index contributed by atoms with van der Waals surface area (Å²) in [5.41, 5.74) is 2.29. The summed E-state index contributed by atoms with van der Waals surface area (Å²) < 4.78 is 6.43. The molecule has 2 fully saturated rings. The zero-order valence-electron chi connectivity index (χ0n) is 17.2. The first-order chi connectivity index (χ1) is 14.7. The molecule has 3 heterocycles. The molecule has 2 saturated heterocycles. The molecule has 0 saturated carbocycles. The Labute approximate surface area is 180 Å². The number of hydrogen-bond donors (Lipinski definition) is 0. The second-order valence-electron chi connectivity index (χ2n) is 8.02. The highest BCUT2D eigenvalue weighted by Crippen LogP contribution is 2.34. The summed E-state index contributed by atoms with van der Waals surface area (Å²) in [6.07, 6.45) is 0. The van der Waals surface area contributed by atoms with Gasteiger partial charge in [0, 0.05) is 51.9 Å². The van der Waals surface area contributed by atoms with Crippen LogP contribution >= 0.6 is 11.3 Å². The Morgan fingerprint density at radius 3 is 2.60 bits per heavy atom. The molecule has 0 spiro atoms. The quantitative estimate of drug-likeness (QED) is 0.632. The number of fused-ring (bicyclic) bond motifs is 1. The van der Waals surface area contributed by atoms with E-state index in [0.717, 1.165) is 66.9 Å². The standard InChI is InChI=1S/C23H26N4O2S/c1-29-19-7-8-21-20(13-19)24-23(30-21)27-15-18(16-27)22(28)26-11-9-25(10-12-26)14-17-5-3-2-4-6-17/h2-8,13,18H,9-12,14-16H2,1H3. The van der Waals surface area contributed by atoms with E-state index >= 15 is 0 Å². The number of carbonyl (C=O) groups is 1. The normalized spacial score (nSPS) is 17.9. The third-order valence-corrected chi connectivity index (χ3v) is 7.11. The SMILES string of the molecule is COc1ccc2sc(N3CC(C(=O)N4CCN(Cc5ccccc5)CC4)C3)nc2c1. The smallest absolute Gasteiger partial charge is 0.229 e. The minimum Gasteiger partial charge on any atom is -0.497 e. The van der Waals surface area contributed by atoms with Crippen molar-refractivity contribution in [1.29, 1.82) is 0 Å². The fraction of sp³-hybridized carbons (Fsp3) is 0.391. The number of ether oxygens (including phenoxy) is 1. The van der Waals surface area contributed by atoms with E-state index in [9.17, 15) is 4.79 Å². The van der Waals surface area contributed by atoms with Gasteiger partial charge in [0.2, 0.25) is 5.91 Å². The Bertz CT molecular complexity index is 1020. The summed E-state index contributed by atoms with van der Waals surface area (Å²) in [7, 11) is 1.67. The number of anilines is 1. The van der Waals surface area contributed by atoms with Crippen molar-refractivity contribution in [3.63, 3.8) is 0 Å². The molecular formula is C23H26N4O2S. The second kappa shape index (κ2) is 8.24. The lowest BCUT2D eigenvalue weighted by molar-refractivity contribution is -0.138. The van der Waals surface area contributed by atoms with Crippen LogP contribution in [0, 0.1) is 5.92 Å². The van der Waals surface area contributed by atoms with E-state index in [0.29, 0.717) is 5.91 Å². The first-order valence-corrected chi connectivity index (χ1v) is 11.3. The summed E-state index contributed by atoms with van der Waals surface area (Å²) in [5.74, 6) is 1.21. The summed E-state index contributed by atoms with van der Waals surface area (Å²) in [4.78, 5) is 24.4. The van der Waals surface area contributed by atoms with Gasteiger partial charge in [-0.2, -0.15) is 0 Å². The highest BCUT2D eigenvalue weighted by molar-refractivity contribution is 7.22. The Hall–Kier alpha value is -2.64. The van der Waals surface area contributed by atoms with Gasteiger partial charge in [-0.3, -0.25) is 9.69 Å². The largest absolute Gasteiger partial charge is 0.497 e. The summed E-state index contributed by atoms with van der Waals surface area (Å²) in [6.45, 7) is 6.02. The average Bonchev–Trinajstić information content (AvgIpc) is 3.16. The van der Waals surface area contributed by atoms with Crippen molar-refractivity contribution in [2.75, 3.05) is 51.3 Å². The van der Waals surface area contributed by atoms with Crippen molar-refractivity contribution in [2.45, 2.75) is 6.54 Å². The van der Waals surface area contributed by atoms with Crippen molar-refractivity contribution in [3.05, 3.63) is 54.1 Å². The van der Waals surface area contributed by atoms with Crippen molar-refractivity contribution in [2.24, 2.45) is 5.92 Å². The van der Waals surface area contributed by atoms with Gasteiger partial charge in [-0.25, -0.2) is 4.98 Å². The maximum Gasteiger partial charge on any atom is 0.229 e. The number of thiazole rings is 1. The van der Waals surface area contributed by atoms with Crippen LogP contribution in [0.3, 0.4) is 0 Å². The molecule has 30 heavy (non-hydrogen) atoms. The number of rotatable bonds is 5. The van der Waals surface area contributed by atoms with Crippen molar-refractivity contribution in [1.82, 2.24) is 14.8 Å². The monoisotopic (exact) mass is 422 g/mol. The first-order valence-electron chi connectivity index (χ1n) is 10.4. The van der Waals surface area contributed by atoms with Crippen LogP contribution in [0.2, 0.25) is 0 Å². The molecular weight excluding hydrogens is 396 g/mol. The van der Waals surface area contributed by atoms with Gasteiger partial charge in [-0.1, -0.05) is 41.7 Å². The van der Waals surface area contributed by atoms with Crippen LogP contribution in [0.4, 0.5) is 5.13 Å². The molecule has 156 valence electrons. The number of methoxy groups -OCH3 is 1. The predicted molar refractivity (Wildman–Crippen MR) is 120 cm³/mol. The molecule has 1 aromatic heterocycles. The van der Waals surface area contributed by atoms with Crippen LogP contribution < -0.4 is 9.64 Å². The van der Waals surface area contributed by atoms with Gasteiger partial charge in [0.15, 0.2) is 5.13 Å². The molecule has 0 atom stereocenters. The molecule has 0 unspecified atom stereocenters. The lowest BCUT2D eigenvalue weighted by Gasteiger charge is -2.42. The van der Waals surface area contributed by atoms with E-state index in [1.807, 2.05) is 29.2 Å². The molecule has 2 aromatic carbocycles. The molecule has 0 radical (unpaired) electrons. The number of nitrogens with zero attached hydrogens (tertiary/aromatic N) is 4. The van der Waals surface area contributed by atoms with E-state index in [2.05, 4.69) is 34.1 Å². The van der Waals surface area contributed by atoms with Gasteiger partial charge in [0.25, 0.3) is 0 Å². The number of benzene rings is 2. The summed E-state index contributed by atoms with van der Waals surface area (Å²) >= 11 is 1.68. The van der Waals surface area contributed by atoms with E-state index in [1.54, 1.807) is 18.4 Å². The summed E-state index contributed by atoms with van der Waals surface area (Å²) in [5, 5.41) is 0.995. The number of amides is 1. The van der Waals surface area contributed by atoms with Crippen molar-refractivity contribution >= 4 is 32.6 Å². The van der Waals surface area contributed by atoms with Crippen LogP contribution in [-0.2, 0) is 11.3 Å². The highest BCUT2D eigenvalue weighted by Gasteiger charge is 2.37. The van der Waals surface area contributed by atoms with Crippen LogP contribution in [0.15, 0.2) is 48.5 Å². The van der Waals surface area contributed by atoms with E-state index < -0.39 is 0 Å². The lowest BCUT2D eigenvalue weighted by Crippen LogP contribution is -2.57. The lowest BCUT2D eigenvalue weighted by atomic mass is 9.99. The molecule has 1 amide bonds. The van der Waals surface area contributed by atoms with Gasteiger partial charge < -0.3 is 14.5 Å². The van der Waals surface area contributed by atoms with Crippen LogP contribution in [0.5, 0.6) is 5.75 Å². The zero-order valence-corrected chi connectivity index (χ0v) is 18.0. The number of aromatic nitrogens is 1. The Morgan fingerprint density at radius 2 is 1.87 bits per heavy atom. The molecule has 5 rings (SSSR count). The van der Waals surface area contributed by atoms with E-state index in [4.69, 9.17) is 9.72 Å². The van der Waals surface area contributed by atoms with Crippen LogP contribution in [0.1, 0.15) is 5.56 Å². The van der Waals surface area contributed by atoms with Crippen LogP contribution in [0.25, 0.3) is 10.2 Å². The predicted octanol–water partition coefficient (Wildman–Crippen LogP) is 3.09. The third-order valence-electron chi connectivity index (χ3n) is 6.02. The molecule has 0 bridgehead atoms. The molecule has 3 aromatic rings. The minimum atomic E-state index is 0.0900. The zero-order chi connectivity index (χ0) is 20.5. The Balaban J connectivity index is 1.13. The molecule has 7 heteroatoms. The number of piperazine rings is 1. The van der Waals surface area contributed by atoms with Gasteiger partial charge in [0.1, 0.15) is 5.75 Å². The van der Waals surface area contributed by atoms with E-state index in [1.165, 1.54) is 5.56 Å². The minimum absolute atomic E-state index is 0.0900. The maximum absolute atomic E-state index is 12.9.